The minimum Gasteiger partial charge on any atom is -0.299 e. The van der Waals surface area contributed by atoms with Crippen LogP contribution in [-0.4, -0.2) is 32.3 Å². The molecule has 2 aliphatic rings. The predicted molar refractivity (Wildman–Crippen MR) is 113 cm³/mol. The standard InChI is InChI=1S/C22H24N4O2S/c27-19-20(28)26(15-17-4-2-1-3-5-17)23-21-22(9-12-25(19)21)7-10-24(11-8-22)14-18-6-13-29-16-18/h1-6,13,16H,7-12,14-15H2. The zero-order valence-electron chi connectivity index (χ0n) is 16.3. The average Bonchev–Trinajstić information content (AvgIpc) is 3.37. The van der Waals surface area contributed by atoms with Crippen molar-refractivity contribution in [3.63, 3.8) is 0 Å². The fourth-order valence-electron chi connectivity index (χ4n) is 4.69. The maximum atomic E-state index is 12.8. The molecule has 3 aromatic rings. The summed E-state index contributed by atoms with van der Waals surface area (Å²) in [7, 11) is 0. The predicted octanol–water partition coefficient (Wildman–Crippen LogP) is 2.45. The van der Waals surface area contributed by atoms with E-state index in [1.807, 2.05) is 30.3 Å². The fourth-order valence-corrected chi connectivity index (χ4v) is 5.35. The summed E-state index contributed by atoms with van der Waals surface area (Å²) < 4.78 is 3.01. The summed E-state index contributed by atoms with van der Waals surface area (Å²) in [4.78, 5) is 27.8. The van der Waals surface area contributed by atoms with Gasteiger partial charge in [-0.1, -0.05) is 30.3 Å². The molecule has 1 aromatic carbocycles. The number of likely N-dealkylation sites (tertiary alicyclic amines) is 1. The van der Waals surface area contributed by atoms with Crippen LogP contribution in [0.25, 0.3) is 0 Å². The zero-order valence-corrected chi connectivity index (χ0v) is 17.1. The molecule has 2 aliphatic heterocycles. The van der Waals surface area contributed by atoms with Gasteiger partial charge in [-0.15, -0.1) is 0 Å². The van der Waals surface area contributed by atoms with E-state index in [-0.39, 0.29) is 5.41 Å². The van der Waals surface area contributed by atoms with Gasteiger partial charge in [0.05, 0.1) is 6.54 Å². The molecule has 7 heteroatoms. The highest BCUT2D eigenvalue weighted by atomic mass is 32.1. The normalized spacial score (nSPS) is 18.2. The van der Waals surface area contributed by atoms with Crippen molar-refractivity contribution in [2.45, 2.75) is 44.3 Å². The number of rotatable bonds is 4. The first-order chi connectivity index (χ1) is 14.1. The SMILES string of the molecule is O=c1c(=O)n2c(nn1Cc1ccccc1)C1(CCN(Cc3ccsc3)CC1)CC2. The van der Waals surface area contributed by atoms with E-state index in [1.54, 1.807) is 15.9 Å². The van der Waals surface area contributed by atoms with Crippen LogP contribution < -0.4 is 11.1 Å². The zero-order chi connectivity index (χ0) is 19.8. The number of piperidine rings is 1. The summed E-state index contributed by atoms with van der Waals surface area (Å²) in [5.74, 6) is 0.813. The molecule has 0 amide bonds. The monoisotopic (exact) mass is 408 g/mol. The largest absolute Gasteiger partial charge is 0.332 e. The number of fused-ring (bicyclic) bond motifs is 2. The molecular formula is C22H24N4O2S. The Labute approximate surface area is 173 Å². The summed E-state index contributed by atoms with van der Waals surface area (Å²) in [5.41, 5.74) is 1.30. The van der Waals surface area contributed by atoms with Crippen molar-refractivity contribution in [1.82, 2.24) is 19.2 Å². The number of aromatic nitrogens is 3. The highest BCUT2D eigenvalue weighted by Crippen LogP contribution is 2.41. The Hall–Kier alpha value is -2.51. The van der Waals surface area contributed by atoms with Crippen molar-refractivity contribution >= 4 is 11.3 Å². The van der Waals surface area contributed by atoms with Crippen molar-refractivity contribution in [2.24, 2.45) is 0 Å². The van der Waals surface area contributed by atoms with Gasteiger partial charge in [0, 0.05) is 18.5 Å². The lowest BCUT2D eigenvalue weighted by molar-refractivity contribution is 0.148. The summed E-state index contributed by atoms with van der Waals surface area (Å²) >= 11 is 1.74. The lowest BCUT2D eigenvalue weighted by atomic mass is 9.76. The maximum absolute atomic E-state index is 12.8. The molecule has 5 rings (SSSR count). The summed E-state index contributed by atoms with van der Waals surface area (Å²) in [5, 5.41) is 9.07. The number of benzene rings is 1. The van der Waals surface area contributed by atoms with Gasteiger partial charge in [0.2, 0.25) is 0 Å². The topological polar surface area (TPSA) is 60.1 Å². The van der Waals surface area contributed by atoms with Crippen LogP contribution in [0.2, 0.25) is 0 Å². The molecule has 29 heavy (non-hydrogen) atoms. The van der Waals surface area contributed by atoms with Crippen LogP contribution in [0.5, 0.6) is 0 Å². The second-order valence-electron chi connectivity index (χ2n) is 8.17. The highest BCUT2D eigenvalue weighted by molar-refractivity contribution is 7.07. The first-order valence-corrected chi connectivity index (χ1v) is 11.1. The molecule has 4 heterocycles. The Bertz CT molecular complexity index is 1110. The minimum absolute atomic E-state index is 0.0869. The molecule has 1 saturated heterocycles. The van der Waals surface area contributed by atoms with Gasteiger partial charge in [-0.3, -0.25) is 19.1 Å². The molecular weight excluding hydrogens is 384 g/mol. The van der Waals surface area contributed by atoms with Crippen molar-refractivity contribution in [3.8, 4) is 0 Å². The molecule has 150 valence electrons. The average molecular weight is 409 g/mol. The summed E-state index contributed by atoms with van der Waals surface area (Å²) in [6.07, 6.45) is 2.86. The smallest absolute Gasteiger partial charge is 0.299 e. The van der Waals surface area contributed by atoms with Crippen LogP contribution in [0.1, 0.15) is 36.2 Å². The number of hydrogen-bond acceptors (Lipinski definition) is 5. The van der Waals surface area contributed by atoms with Crippen molar-refractivity contribution < 1.29 is 0 Å². The number of thiophene rings is 1. The molecule has 0 saturated carbocycles. The third kappa shape index (κ3) is 3.38. The van der Waals surface area contributed by atoms with Gasteiger partial charge in [-0.05, 0) is 60.3 Å². The van der Waals surface area contributed by atoms with E-state index >= 15 is 0 Å². The lowest BCUT2D eigenvalue weighted by Gasteiger charge is -2.38. The molecule has 1 spiro atoms. The second kappa shape index (κ2) is 7.39. The van der Waals surface area contributed by atoms with E-state index in [4.69, 9.17) is 5.10 Å². The van der Waals surface area contributed by atoms with Crippen LogP contribution in [0.15, 0.2) is 56.7 Å². The van der Waals surface area contributed by atoms with E-state index in [2.05, 4.69) is 21.7 Å². The van der Waals surface area contributed by atoms with Gasteiger partial charge < -0.3 is 0 Å². The Morgan fingerprint density at radius 3 is 2.38 bits per heavy atom. The molecule has 1 fully saturated rings. The van der Waals surface area contributed by atoms with Crippen LogP contribution in [0.4, 0.5) is 0 Å². The molecule has 2 aromatic heterocycles. The Morgan fingerprint density at radius 1 is 0.897 bits per heavy atom. The van der Waals surface area contributed by atoms with Gasteiger partial charge in [0.25, 0.3) is 0 Å². The highest BCUT2D eigenvalue weighted by Gasteiger charge is 2.44. The van der Waals surface area contributed by atoms with Crippen molar-refractivity contribution in [3.05, 3.63) is 84.8 Å². The third-order valence-electron chi connectivity index (χ3n) is 6.40. The number of hydrogen-bond donors (Lipinski definition) is 0. The molecule has 0 radical (unpaired) electrons. The van der Waals surface area contributed by atoms with Gasteiger partial charge in [0.15, 0.2) is 0 Å². The quantitative estimate of drug-likeness (QED) is 0.622. The number of nitrogens with zero attached hydrogens (tertiary/aromatic N) is 4. The van der Waals surface area contributed by atoms with Crippen LogP contribution in [0.3, 0.4) is 0 Å². The maximum Gasteiger partial charge on any atom is 0.332 e. The third-order valence-corrected chi connectivity index (χ3v) is 7.13. The van der Waals surface area contributed by atoms with Gasteiger partial charge in [0.1, 0.15) is 5.82 Å². The van der Waals surface area contributed by atoms with E-state index in [0.717, 1.165) is 50.3 Å². The molecule has 0 aliphatic carbocycles. The van der Waals surface area contributed by atoms with Crippen molar-refractivity contribution in [2.75, 3.05) is 13.1 Å². The first-order valence-electron chi connectivity index (χ1n) is 10.1. The van der Waals surface area contributed by atoms with Crippen LogP contribution in [0, 0.1) is 0 Å². The fraction of sp³-hybridized carbons (Fsp3) is 0.409. The van der Waals surface area contributed by atoms with Gasteiger partial charge >= 0.3 is 11.1 Å². The Balaban J connectivity index is 1.42. The summed E-state index contributed by atoms with van der Waals surface area (Å²) in [6, 6.07) is 11.9. The minimum atomic E-state index is -0.524. The van der Waals surface area contributed by atoms with Crippen LogP contribution >= 0.6 is 11.3 Å². The molecule has 0 atom stereocenters. The van der Waals surface area contributed by atoms with E-state index in [1.165, 1.54) is 10.2 Å². The van der Waals surface area contributed by atoms with E-state index in [0.29, 0.717) is 13.1 Å². The Morgan fingerprint density at radius 2 is 1.66 bits per heavy atom. The second-order valence-corrected chi connectivity index (χ2v) is 8.95. The van der Waals surface area contributed by atoms with E-state index in [9.17, 15) is 9.59 Å². The first kappa shape index (κ1) is 18.5. The molecule has 0 N–H and O–H groups in total. The molecule has 0 bridgehead atoms. The molecule has 6 nitrogen and oxygen atoms in total. The molecule has 0 unspecified atom stereocenters. The van der Waals surface area contributed by atoms with Crippen LogP contribution in [-0.2, 0) is 25.0 Å². The summed E-state index contributed by atoms with van der Waals surface area (Å²) in [6.45, 7) is 3.90. The van der Waals surface area contributed by atoms with Gasteiger partial charge in [-0.25, -0.2) is 4.68 Å². The van der Waals surface area contributed by atoms with E-state index < -0.39 is 11.1 Å². The van der Waals surface area contributed by atoms with Crippen molar-refractivity contribution in [1.29, 1.82) is 0 Å². The lowest BCUT2D eigenvalue weighted by Crippen LogP contribution is -2.47. The van der Waals surface area contributed by atoms with Gasteiger partial charge in [-0.2, -0.15) is 16.4 Å². The Kier molecular flexibility index (Phi) is 4.72.